The maximum absolute atomic E-state index is 12.4. The van der Waals surface area contributed by atoms with Crippen molar-refractivity contribution in [1.29, 1.82) is 0 Å². The molecular formula is C22H15BrClNO2. The second-order valence-electron chi connectivity index (χ2n) is 6.16. The molecule has 0 aromatic heterocycles. The third kappa shape index (κ3) is 3.92. The van der Waals surface area contributed by atoms with E-state index in [4.69, 9.17) is 16.3 Å². The monoisotopic (exact) mass is 439 g/mol. The fraction of sp³-hybridized carbons (Fsp3) is 0.0455. The lowest BCUT2D eigenvalue weighted by Gasteiger charge is -2.11. The Balaban J connectivity index is 1.66. The summed E-state index contributed by atoms with van der Waals surface area (Å²) < 4.78 is 6.93. The molecule has 1 aliphatic rings. The molecule has 27 heavy (non-hydrogen) atoms. The van der Waals surface area contributed by atoms with Crippen molar-refractivity contribution in [2.45, 2.75) is 6.61 Å². The Bertz CT molecular complexity index is 1040. The number of fused-ring (bicyclic) bond motifs is 1. The van der Waals surface area contributed by atoms with E-state index in [0.29, 0.717) is 23.0 Å². The van der Waals surface area contributed by atoms with Gasteiger partial charge in [-0.1, -0.05) is 57.9 Å². The predicted molar refractivity (Wildman–Crippen MR) is 113 cm³/mol. The molecular weight excluding hydrogens is 426 g/mol. The number of amides is 1. The third-order valence-electron chi connectivity index (χ3n) is 4.29. The van der Waals surface area contributed by atoms with Crippen LogP contribution in [0.4, 0.5) is 5.69 Å². The van der Waals surface area contributed by atoms with Gasteiger partial charge in [0.25, 0.3) is 5.91 Å². The molecule has 0 radical (unpaired) electrons. The first-order valence-corrected chi connectivity index (χ1v) is 9.56. The highest BCUT2D eigenvalue weighted by atomic mass is 79.9. The van der Waals surface area contributed by atoms with E-state index in [9.17, 15) is 4.79 Å². The number of rotatable bonds is 4. The van der Waals surface area contributed by atoms with Crippen molar-refractivity contribution in [3.63, 3.8) is 0 Å². The minimum Gasteiger partial charge on any atom is -0.488 e. The number of carbonyl (C=O) groups is 1. The molecule has 0 fully saturated rings. The van der Waals surface area contributed by atoms with E-state index in [1.54, 1.807) is 0 Å². The fourth-order valence-electron chi connectivity index (χ4n) is 2.94. The third-order valence-corrected chi connectivity index (χ3v) is 5.03. The van der Waals surface area contributed by atoms with Crippen molar-refractivity contribution in [2.24, 2.45) is 0 Å². The van der Waals surface area contributed by atoms with Gasteiger partial charge in [-0.05, 0) is 48.0 Å². The summed E-state index contributed by atoms with van der Waals surface area (Å²) >= 11 is 9.43. The summed E-state index contributed by atoms with van der Waals surface area (Å²) in [5.74, 6) is 0.595. The van der Waals surface area contributed by atoms with Crippen LogP contribution in [0.25, 0.3) is 11.6 Å². The number of halogens is 2. The fourth-order valence-corrected chi connectivity index (χ4v) is 3.45. The van der Waals surface area contributed by atoms with Crippen LogP contribution < -0.4 is 10.1 Å². The smallest absolute Gasteiger partial charge is 0.256 e. The normalized spacial score (nSPS) is 14.1. The molecule has 0 aliphatic carbocycles. The molecule has 0 saturated heterocycles. The van der Waals surface area contributed by atoms with Crippen LogP contribution in [0.3, 0.4) is 0 Å². The Morgan fingerprint density at radius 3 is 2.63 bits per heavy atom. The van der Waals surface area contributed by atoms with Crippen LogP contribution >= 0.6 is 27.5 Å². The SMILES string of the molecule is O=C1Nc2ccccc2/C1=C\c1cc(Br)ccc1OCc1ccc(Cl)cc1. The predicted octanol–water partition coefficient (Wildman–Crippen LogP) is 6.17. The lowest BCUT2D eigenvalue weighted by molar-refractivity contribution is -0.110. The number of hydrogen-bond acceptors (Lipinski definition) is 2. The summed E-state index contributed by atoms with van der Waals surface area (Å²) in [5, 5.41) is 3.59. The first kappa shape index (κ1) is 17.8. The first-order chi connectivity index (χ1) is 13.1. The number of nitrogens with one attached hydrogen (secondary N) is 1. The molecule has 0 atom stereocenters. The van der Waals surface area contributed by atoms with Gasteiger partial charge < -0.3 is 10.1 Å². The van der Waals surface area contributed by atoms with Gasteiger partial charge in [-0.25, -0.2) is 0 Å². The van der Waals surface area contributed by atoms with E-state index in [1.807, 2.05) is 72.8 Å². The maximum Gasteiger partial charge on any atom is 0.256 e. The van der Waals surface area contributed by atoms with Crippen molar-refractivity contribution in [1.82, 2.24) is 0 Å². The lowest BCUT2D eigenvalue weighted by atomic mass is 10.0. The van der Waals surface area contributed by atoms with E-state index in [0.717, 1.165) is 26.9 Å². The minimum absolute atomic E-state index is 0.111. The lowest BCUT2D eigenvalue weighted by Crippen LogP contribution is -2.04. The Hall–Kier alpha value is -2.56. The van der Waals surface area contributed by atoms with E-state index in [-0.39, 0.29) is 5.91 Å². The molecule has 4 rings (SSSR count). The van der Waals surface area contributed by atoms with Crippen LogP contribution in [0.2, 0.25) is 5.02 Å². The molecule has 134 valence electrons. The summed E-state index contributed by atoms with van der Waals surface area (Å²) in [7, 11) is 0. The molecule has 5 heteroatoms. The number of para-hydroxylation sites is 1. The number of ether oxygens (including phenoxy) is 1. The zero-order valence-corrected chi connectivity index (χ0v) is 16.5. The standard InChI is InChI=1S/C22H15BrClNO2/c23-16-7-10-21(27-13-14-5-8-17(24)9-6-14)15(11-16)12-19-18-3-1-2-4-20(18)25-22(19)26/h1-12H,13H2,(H,25,26)/b19-12+. The van der Waals surface area contributed by atoms with Gasteiger partial charge in [0.05, 0.1) is 0 Å². The zero-order valence-electron chi connectivity index (χ0n) is 14.2. The van der Waals surface area contributed by atoms with Crippen LogP contribution in [0, 0.1) is 0 Å². The van der Waals surface area contributed by atoms with Crippen LogP contribution in [-0.2, 0) is 11.4 Å². The van der Waals surface area contributed by atoms with Gasteiger partial charge in [0.1, 0.15) is 12.4 Å². The van der Waals surface area contributed by atoms with Crippen LogP contribution in [-0.4, -0.2) is 5.91 Å². The van der Waals surface area contributed by atoms with Crippen molar-refractivity contribution in [3.05, 3.63) is 92.9 Å². The van der Waals surface area contributed by atoms with Crippen LogP contribution in [0.1, 0.15) is 16.7 Å². The Morgan fingerprint density at radius 1 is 1.04 bits per heavy atom. The molecule has 3 nitrogen and oxygen atoms in total. The largest absolute Gasteiger partial charge is 0.488 e. The van der Waals surface area contributed by atoms with Crippen molar-refractivity contribution in [2.75, 3.05) is 5.32 Å². The van der Waals surface area contributed by atoms with Crippen molar-refractivity contribution < 1.29 is 9.53 Å². The second-order valence-corrected chi connectivity index (χ2v) is 7.51. The zero-order chi connectivity index (χ0) is 18.8. The highest BCUT2D eigenvalue weighted by molar-refractivity contribution is 9.10. The molecule has 1 amide bonds. The topological polar surface area (TPSA) is 38.3 Å². The van der Waals surface area contributed by atoms with Crippen LogP contribution in [0.15, 0.2) is 71.2 Å². The summed E-state index contributed by atoms with van der Waals surface area (Å²) in [6.07, 6.45) is 1.86. The molecule has 0 unspecified atom stereocenters. The van der Waals surface area contributed by atoms with Gasteiger partial charge in [-0.3, -0.25) is 4.79 Å². The number of benzene rings is 3. The number of anilines is 1. The molecule has 3 aromatic rings. The van der Waals surface area contributed by atoms with Gasteiger partial charge in [-0.15, -0.1) is 0 Å². The quantitative estimate of drug-likeness (QED) is 0.492. The highest BCUT2D eigenvalue weighted by Crippen LogP contribution is 2.35. The molecule has 1 aliphatic heterocycles. The second kappa shape index (κ2) is 7.59. The maximum atomic E-state index is 12.4. The van der Waals surface area contributed by atoms with Gasteiger partial charge in [-0.2, -0.15) is 0 Å². The van der Waals surface area contributed by atoms with Crippen molar-refractivity contribution >= 4 is 50.8 Å². The van der Waals surface area contributed by atoms with Crippen molar-refractivity contribution in [3.8, 4) is 5.75 Å². The molecule has 1 N–H and O–H groups in total. The van der Waals surface area contributed by atoms with E-state index in [2.05, 4.69) is 21.2 Å². The molecule has 0 spiro atoms. The van der Waals surface area contributed by atoms with Crippen LogP contribution in [0.5, 0.6) is 5.75 Å². The Labute approximate surface area is 170 Å². The Kier molecular flexibility index (Phi) is 5.01. The average Bonchev–Trinajstić information content (AvgIpc) is 2.98. The average molecular weight is 441 g/mol. The minimum atomic E-state index is -0.111. The van der Waals surface area contributed by atoms with Gasteiger partial charge >= 0.3 is 0 Å². The van der Waals surface area contributed by atoms with Gasteiger partial charge in [0.2, 0.25) is 0 Å². The summed E-state index contributed by atoms with van der Waals surface area (Å²) in [6, 6.07) is 21.0. The van der Waals surface area contributed by atoms with E-state index >= 15 is 0 Å². The van der Waals surface area contributed by atoms with Gasteiger partial charge in [0.15, 0.2) is 0 Å². The summed E-state index contributed by atoms with van der Waals surface area (Å²) in [4.78, 5) is 12.4. The van der Waals surface area contributed by atoms with E-state index < -0.39 is 0 Å². The molecule has 3 aromatic carbocycles. The summed E-state index contributed by atoms with van der Waals surface area (Å²) in [6.45, 7) is 0.414. The van der Waals surface area contributed by atoms with E-state index in [1.165, 1.54) is 0 Å². The first-order valence-electron chi connectivity index (χ1n) is 8.39. The number of hydrogen-bond donors (Lipinski definition) is 1. The molecule has 1 heterocycles. The molecule has 0 saturated carbocycles. The number of carbonyl (C=O) groups excluding carboxylic acids is 1. The highest BCUT2D eigenvalue weighted by Gasteiger charge is 2.23. The summed E-state index contributed by atoms with van der Waals surface area (Å²) in [5.41, 5.74) is 4.20. The Morgan fingerprint density at radius 2 is 1.81 bits per heavy atom. The molecule has 0 bridgehead atoms. The van der Waals surface area contributed by atoms with Gasteiger partial charge in [0, 0.05) is 31.9 Å².